The highest BCUT2D eigenvalue weighted by Crippen LogP contribution is 2.31. The van der Waals surface area contributed by atoms with Gasteiger partial charge in [-0.1, -0.05) is 19.8 Å². The highest BCUT2D eigenvalue weighted by molar-refractivity contribution is 5.94. The van der Waals surface area contributed by atoms with Gasteiger partial charge in [-0.2, -0.15) is 4.98 Å². The van der Waals surface area contributed by atoms with Crippen LogP contribution in [0.5, 0.6) is 0 Å². The van der Waals surface area contributed by atoms with Gasteiger partial charge in [0.25, 0.3) is 11.5 Å². The highest BCUT2D eigenvalue weighted by atomic mass is 16.2. The number of aryl methyl sites for hydroxylation is 1. The molecule has 3 aromatic rings. The van der Waals surface area contributed by atoms with Crippen LogP contribution in [0.1, 0.15) is 54.6 Å². The minimum atomic E-state index is -0.00943. The summed E-state index contributed by atoms with van der Waals surface area (Å²) in [7, 11) is 0. The van der Waals surface area contributed by atoms with Crippen molar-refractivity contribution in [2.45, 2.75) is 45.1 Å². The first-order chi connectivity index (χ1) is 16.1. The summed E-state index contributed by atoms with van der Waals surface area (Å²) in [6.45, 7) is 5.02. The molecular weight excluding hydrogens is 418 g/mol. The van der Waals surface area contributed by atoms with Crippen LogP contribution >= 0.6 is 0 Å². The summed E-state index contributed by atoms with van der Waals surface area (Å²) < 4.78 is 1.87. The molecule has 9 heteroatoms. The van der Waals surface area contributed by atoms with E-state index in [1.807, 2.05) is 22.5 Å². The number of nitrogens with one attached hydrogen (secondary N) is 2. The van der Waals surface area contributed by atoms with E-state index in [0.717, 1.165) is 49.7 Å². The quantitative estimate of drug-likeness (QED) is 0.619. The molecule has 0 unspecified atom stereocenters. The summed E-state index contributed by atoms with van der Waals surface area (Å²) in [4.78, 5) is 41.1. The first-order valence-corrected chi connectivity index (χ1v) is 11.8. The molecular formula is C24H29N7O2. The summed E-state index contributed by atoms with van der Waals surface area (Å²) in [5.74, 6) is 0.919. The lowest BCUT2D eigenvalue weighted by Crippen LogP contribution is -2.46. The van der Waals surface area contributed by atoms with Gasteiger partial charge in [0.2, 0.25) is 5.95 Å². The van der Waals surface area contributed by atoms with E-state index in [1.54, 1.807) is 24.5 Å². The Bertz CT molecular complexity index is 1210. The van der Waals surface area contributed by atoms with Crippen molar-refractivity contribution < 1.29 is 4.79 Å². The van der Waals surface area contributed by atoms with Crippen LogP contribution < -0.4 is 16.2 Å². The second-order valence-electron chi connectivity index (χ2n) is 8.71. The normalized spacial score (nSPS) is 16.9. The zero-order chi connectivity index (χ0) is 22.8. The van der Waals surface area contributed by atoms with Crippen molar-refractivity contribution in [1.82, 2.24) is 29.7 Å². The smallest absolute Gasteiger partial charge is 0.255 e. The number of hydrogen-bond acceptors (Lipinski definition) is 7. The molecule has 1 amide bonds. The highest BCUT2D eigenvalue weighted by Gasteiger charge is 2.22. The zero-order valence-corrected chi connectivity index (χ0v) is 18.9. The Morgan fingerprint density at radius 1 is 1.15 bits per heavy atom. The molecule has 0 radical (unpaired) electrons. The second kappa shape index (κ2) is 9.27. The fraction of sp³-hybridized carbons (Fsp3) is 0.458. The van der Waals surface area contributed by atoms with Crippen molar-refractivity contribution in [3.8, 4) is 0 Å². The monoisotopic (exact) mass is 447 g/mol. The van der Waals surface area contributed by atoms with Crippen LogP contribution in [-0.2, 0) is 6.42 Å². The molecule has 0 atom stereocenters. The van der Waals surface area contributed by atoms with Gasteiger partial charge in [-0.3, -0.25) is 14.2 Å². The van der Waals surface area contributed by atoms with Crippen molar-refractivity contribution >= 4 is 28.7 Å². The van der Waals surface area contributed by atoms with Crippen molar-refractivity contribution in [2.24, 2.45) is 0 Å². The Morgan fingerprint density at radius 2 is 1.94 bits per heavy atom. The van der Waals surface area contributed by atoms with E-state index in [-0.39, 0.29) is 17.5 Å². The lowest BCUT2D eigenvalue weighted by molar-refractivity contribution is 0.0735. The molecule has 0 aromatic carbocycles. The number of carbonyl (C=O) groups excluding carboxylic acids is 1. The van der Waals surface area contributed by atoms with Crippen molar-refractivity contribution in [3.63, 3.8) is 0 Å². The van der Waals surface area contributed by atoms with Gasteiger partial charge in [0.1, 0.15) is 11.5 Å². The molecule has 5 rings (SSSR count). The van der Waals surface area contributed by atoms with Crippen molar-refractivity contribution in [3.05, 3.63) is 52.1 Å². The third-order valence-electron chi connectivity index (χ3n) is 6.57. The van der Waals surface area contributed by atoms with E-state index in [9.17, 15) is 9.59 Å². The molecule has 4 heterocycles. The first-order valence-electron chi connectivity index (χ1n) is 11.8. The number of amides is 1. The van der Waals surface area contributed by atoms with Crippen molar-refractivity contribution in [2.75, 3.05) is 31.5 Å². The number of aromatic nitrogens is 4. The molecule has 33 heavy (non-hydrogen) atoms. The fourth-order valence-corrected chi connectivity index (χ4v) is 4.75. The Labute approximate surface area is 192 Å². The maximum Gasteiger partial charge on any atom is 0.255 e. The molecule has 0 bridgehead atoms. The number of hydrogen-bond donors (Lipinski definition) is 2. The van der Waals surface area contributed by atoms with Crippen LogP contribution in [0.2, 0.25) is 0 Å². The van der Waals surface area contributed by atoms with E-state index < -0.39 is 0 Å². The molecule has 1 saturated heterocycles. The summed E-state index contributed by atoms with van der Waals surface area (Å²) in [5, 5.41) is 7.24. The van der Waals surface area contributed by atoms with Crippen LogP contribution in [0.25, 0.3) is 11.0 Å². The zero-order valence-electron chi connectivity index (χ0n) is 18.9. The number of rotatable bonds is 5. The van der Waals surface area contributed by atoms with Gasteiger partial charge in [-0.15, -0.1) is 0 Å². The fourth-order valence-electron chi connectivity index (χ4n) is 4.75. The minimum absolute atomic E-state index is 0.00943. The number of pyridine rings is 2. The van der Waals surface area contributed by atoms with Gasteiger partial charge in [0, 0.05) is 55.6 Å². The van der Waals surface area contributed by atoms with E-state index in [2.05, 4.69) is 20.6 Å². The standard InChI is InChI=1S/C24H29N7O2/c1-2-16-13-18-15-27-24(29-21(18)31(23(16)33)19-5-3-4-6-19)28-20-8-7-17(14-26-20)22(32)30-11-9-25-10-12-30/h7-8,13-15,19,25H,2-6,9-12H2,1H3,(H,26,27,28,29). The largest absolute Gasteiger partial charge is 0.336 e. The van der Waals surface area contributed by atoms with Crippen LogP contribution in [-0.4, -0.2) is 56.5 Å². The lowest BCUT2D eigenvalue weighted by atomic mass is 10.1. The number of nitrogens with zero attached hydrogens (tertiary/aromatic N) is 5. The van der Waals surface area contributed by atoms with Gasteiger partial charge < -0.3 is 15.5 Å². The summed E-state index contributed by atoms with van der Waals surface area (Å²) in [6.07, 6.45) is 8.29. The predicted octanol–water partition coefficient (Wildman–Crippen LogP) is 2.65. The number of anilines is 2. The Kier molecular flexibility index (Phi) is 6.04. The van der Waals surface area contributed by atoms with Crippen LogP contribution in [0, 0.1) is 0 Å². The van der Waals surface area contributed by atoms with E-state index in [4.69, 9.17) is 4.98 Å². The predicted molar refractivity (Wildman–Crippen MR) is 127 cm³/mol. The molecule has 172 valence electrons. The Hall–Kier alpha value is -3.33. The third-order valence-corrected chi connectivity index (χ3v) is 6.57. The molecule has 3 aromatic heterocycles. The van der Waals surface area contributed by atoms with Gasteiger partial charge in [0.05, 0.1) is 5.56 Å². The minimum Gasteiger partial charge on any atom is -0.336 e. The summed E-state index contributed by atoms with van der Waals surface area (Å²) in [6, 6.07) is 5.61. The van der Waals surface area contributed by atoms with Gasteiger partial charge >= 0.3 is 0 Å². The lowest BCUT2D eigenvalue weighted by Gasteiger charge is -2.27. The van der Waals surface area contributed by atoms with Crippen LogP contribution in [0.15, 0.2) is 35.4 Å². The molecule has 1 saturated carbocycles. The number of carbonyl (C=O) groups is 1. The first kappa shape index (κ1) is 21.5. The maximum absolute atomic E-state index is 13.1. The number of fused-ring (bicyclic) bond motifs is 1. The average molecular weight is 448 g/mol. The topological polar surface area (TPSA) is 105 Å². The van der Waals surface area contributed by atoms with Crippen LogP contribution in [0.3, 0.4) is 0 Å². The molecule has 2 N–H and O–H groups in total. The average Bonchev–Trinajstić information content (AvgIpc) is 3.39. The molecule has 0 spiro atoms. The van der Waals surface area contributed by atoms with E-state index in [0.29, 0.717) is 42.5 Å². The summed E-state index contributed by atoms with van der Waals surface area (Å²) in [5.41, 5.74) is 2.07. The molecule has 2 fully saturated rings. The Balaban J connectivity index is 1.41. The van der Waals surface area contributed by atoms with E-state index >= 15 is 0 Å². The Morgan fingerprint density at radius 3 is 2.64 bits per heavy atom. The van der Waals surface area contributed by atoms with Gasteiger partial charge in [-0.25, -0.2) is 9.97 Å². The van der Waals surface area contributed by atoms with Crippen molar-refractivity contribution in [1.29, 1.82) is 0 Å². The van der Waals surface area contributed by atoms with E-state index in [1.165, 1.54) is 0 Å². The molecule has 2 aliphatic rings. The maximum atomic E-state index is 13.1. The SMILES string of the molecule is CCc1cc2cnc(Nc3ccc(C(=O)N4CCNCC4)cn3)nc2n(C2CCCC2)c1=O. The third kappa shape index (κ3) is 4.32. The van der Waals surface area contributed by atoms with Crippen LogP contribution in [0.4, 0.5) is 11.8 Å². The second-order valence-corrected chi connectivity index (χ2v) is 8.71. The number of piperazine rings is 1. The molecule has 9 nitrogen and oxygen atoms in total. The van der Waals surface area contributed by atoms with Gasteiger partial charge in [-0.05, 0) is 37.5 Å². The van der Waals surface area contributed by atoms with Gasteiger partial charge in [0.15, 0.2) is 0 Å². The molecule has 1 aliphatic heterocycles. The summed E-state index contributed by atoms with van der Waals surface area (Å²) >= 11 is 0. The molecule has 1 aliphatic carbocycles.